The van der Waals surface area contributed by atoms with Crippen molar-refractivity contribution in [3.8, 4) is 0 Å². The molecule has 0 saturated carbocycles. The van der Waals surface area contributed by atoms with Gasteiger partial charge in [-0.05, 0) is 19.4 Å². The monoisotopic (exact) mass is 215 g/mol. The fourth-order valence-electron chi connectivity index (χ4n) is 1.97. The Bertz CT molecular complexity index is 184. The minimum atomic E-state index is -0.699. The maximum absolute atomic E-state index is 11.7. The summed E-state index contributed by atoms with van der Waals surface area (Å²) in [6, 6.07) is 0.299. The molecule has 0 aliphatic carbocycles. The first-order chi connectivity index (χ1) is 7.27. The molecule has 88 valence electrons. The molecule has 0 bridgehead atoms. The molecule has 4 nitrogen and oxygen atoms in total. The molecular weight excluding hydrogens is 194 g/mol. The number of rotatable bonds is 5. The topological polar surface area (TPSA) is 47.6 Å². The standard InChI is InChI=1S/C11H21NO3/c1-14-11(15-2)10(13)8-9-6-4-3-5-7-12-9/h9,11-12H,3-8H2,1-2H3. The van der Waals surface area contributed by atoms with E-state index in [9.17, 15) is 4.79 Å². The van der Waals surface area contributed by atoms with Gasteiger partial charge >= 0.3 is 0 Å². The third-order valence-corrected chi connectivity index (χ3v) is 2.80. The Morgan fingerprint density at radius 3 is 2.73 bits per heavy atom. The summed E-state index contributed by atoms with van der Waals surface area (Å²) in [6.07, 6.45) is 4.56. The van der Waals surface area contributed by atoms with E-state index in [2.05, 4.69) is 5.32 Å². The lowest BCUT2D eigenvalue weighted by Crippen LogP contribution is -2.35. The first-order valence-corrected chi connectivity index (χ1v) is 5.59. The quantitative estimate of drug-likeness (QED) is 0.698. The van der Waals surface area contributed by atoms with Crippen LogP contribution in [-0.4, -0.2) is 38.9 Å². The van der Waals surface area contributed by atoms with Crippen molar-refractivity contribution in [3.63, 3.8) is 0 Å². The van der Waals surface area contributed by atoms with Crippen molar-refractivity contribution in [3.05, 3.63) is 0 Å². The van der Waals surface area contributed by atoms with E-state index in [1.165, 1.54) is 33.5 Å². The summed E-state index contributed by atoms with van der Waals surface area (Å²) in [5.41, 5.74) is 0. The molecule has 0 aromatic carbocycles. The number of methoxy groups -OCH3 is 2. The van der Waals surface area contributed by atoms with E-state index < -0.39 is 6.29 Å². The van der Waals surface area contributed by atoms with Crippen molar-refractivity contribution in [1.29, 1.82) is 0 Å². The van der Waals surface area contributed by atoms with Gasteiger partial charge in [0.05, 0.1) is 0 Å². The van der Waals surface area contributed by atoms with Gasteiger partial charge in [0.25, 0.3) is 0 Å². The van der Waals surface area contributed by atoms with Crippen LogP contribution in [0.2, 0.25) is 0 Å². The summed E-state index contributed by atoms with van der Waals surface area (Å²) < 4.78 is 9.87. The SMILES string of the molecule is COC(OC)C(=O)CC1CCCCCN1. The molecule has 15 heavy (non-hydrogen) atoms. The lowest BCUT2D eigenvalue weighted by Gasteiger charge is -2.18. The van der Waals surface area contributed by atoms with Crippen molar-refractivity contribution in [2.75, 3.05) is 20.8 Å². The van der Waals surface area contributed by atoms with E-state index in [1.54, 1.807) is 0 Å². The van der Waals surface area contributed by atoms with E-state index in [0.29, 0.717) is 12.5 Å². The van der Waals surface area contributed by atoms with Crippen LogP contribution >= 0.6 is 0 Å². The fourth-order valence-corrected chi connectivity index (χ4v) is 1.97. The van der Waals surface area contributed by atoms with Crippen LogP contribution in [0.25, 0.3) is 0 Å². The molecule has 1 aliphatic heterocycles. The van der Waals surface area contributed by atoms with Gasteiger partial charge in [0.1, 0.15) is 0 Å². The molecule has 1 rings (SSSR count). The highest BCUT2D eigenvalue weighted by Gasteiger charge is 2.21. The van der Waals surface area contributed by atoms with Gasteiger partial charge in [-0.3, -0.25) is 4.79 Å². The maximum atomic E-state index is 11.7. The largest absolute Gasteiger partial charge is 0.349 e. The van der Waals surface area contributed by atoms with Gasteiger partial charge in [-0.25, -0.2) is 0 Å². The number of hydrogen-bond donors (Lipinski definition) is 1. The van der Waals surface area contributed by atoms with Crippen LogP contribution in [0.4, 0.5) is 0 Å². The Kier molecular flexibility index (Phi) is 5.83. The molecule has 0 aromatic heterocycles. The highest BCUT2D eigenvalue weighted by molar-refractivity contribution is 5.82. The van der Waals surface area contributed by atoms with Gasteiger partial charge in [0.2, 0.25) is 6.29 Å². The van der Waals surface area contributed by atoms with Crippen LogP contribution < -0.4 is 5.32 Å². The zero-order valence-electron chi connectivity index (χ0n) is 9.62. The molecule has 0 amide bonds. The summed E-state index contributed by atoms with van der Waals surface area (Å²) in [5, 5.41) is 3.38. The molecule has 1 unspecified atom stereocenters. The third kappa shape index (κ3) is 4.28. The zero-order chi connectivity index (χ0) is 11.1. The summed E-state index contributed by atoms with van der Waals surface area (Å²) in [4.78, 5) is 11.7. The van der Waals surface area contributed by atoms with Gasteiger partial charge < -0.3 is 14.8 Å². The summed E-state index contributed by atoms with van der Waals surface area (Å²) in [5.74, 6) is 0.0272. The highest BCUT2D eigenvalue weighted by atomic mass is 16.7. The Morgan fingerprint density at radius 2 is 2.07 bits per heavy atom. The van der Waals surface area contributed by atoms with Gasteiger partial charge in [-0.15, -0.1) is 0 Å². The third-order valence-electron chi connectivity index (χ3n) is 2.80. The van der Waals surface area contributed by atoms with Crippen LogP contribution in [0.3, 0.4) is 0 Å². The van der Waals surface area contributed by atoms with Crippen LogP contribution in [0.1, 0.15) is 32.1 Å². The van der Waals surface area contributed by atoms with E-state index in [0.717, 1.165) is 13.0 Å². The first-order valence-electron chi connectivity index (χ1n) is 5.59. The lowest BCUT2D eigenvalue weighted by molar-refractivity contribution is -0.157. The molecule has 0 aromatic rings. The molecule has 0 radical (unpaired) electrons. The molecule has 0 spiro atoms. The Morgan fingerprint density at radius 1 is 1.33 bits per heavy atom. The van der Waals surface area contributed by atoms with Crippen molar-refractivity contribution in [2.24, 2.45) is 0 Å². The second-order valence-corrected chi connectivity index (χ2v) is 3.97. The first kappa shape index (κ1) is 12.6. The summed E-state index contributed by atoms with van der Waals surface area (Å²) in [7, 11) is 2.99. The van der Waals surface area contributed by atoms with Crippen molar-refractivity contribution < 1.29 is 14.3 Å². The average Bonchev–Trinajstić information content (AvgIpc) is 2.48. The number of carbonyl (C=O) groups excluding carboxylic acids is 1. The number of hydrogen-bond acceptors (Lipinski definition) is 4. The molecule has 4 heteroatoms. The summed E-state index contributed by atoms with van der Waals surface area (Å²) in [6.45, 7) is 1.02. The van der Waals surface area contributed by atoms with E-state index in [1.807, 2.05) is 0 Å². The molecule has 1 aliphatic rings. The van der Waals surface area contributed by atoms with Crippen molar-refractivity contribution in [2.45, 2.75) is 44.4 Å². The molecule has 1 heterocycles. The minimum absolute atomic E-state index is 0.0272. The molecular formula is C11H21NO3. The van der Waals surface area contributed by atoms with Crippen LogP contribution in [0.15, 0.2) is 0 Å². The zero-order valence-corrected chi connectivity index (χ0v) is 9.62. The van der Waals surface area contributed by atoms with Gasteiger partial charge in [0.15, 0.2) is 5.78 Å². The smallest absolute Gasteiger partial charge is 0.217 e. The Hall–Kier alpha value is -0.450. The number of Topliss-reactive ketones (excluding diaryl/α,β-unsaturated/α-hetero) is 1. The van der Waals surface area contributed by atoms with Gasteiger partial charge in [-0.2, -0.15) is 0 Å². The predicted octanol–water partition coefficient (Wildman–Crippen LogP) is 1.10. The van der Waals surface area contributed by atoms with E-state index in [-0.39, 0.29) is 5.78 Å². The van der Waals surface area contributed by atoms with Crippen LogP contribution in [0.5, 0.6) is 0 Å². The maximum Gasteiger partial charge on any atom is 0.217 e. The summed E-state index contributed by atoms with van der Waals surface area (Å²) >= 11 is 0. The molecule has 1 atom stereocenters. The van der Waals surface area contributed by atoms with Crippen LogP contribution in [-0.2, 0) is 14.3 Å². The molecule has 1 saturated heterocycles. The molecule has 1 fully saturated rings. The van der Waals surface area contributed by atoms with Gasteiger partial charge in [-0.1, -0.05) is 12.8 Å². The van der Waals surface area contributed by atoms with E-state index >= 15 is 0 Å². The normalized spacial score (nSPS) is 22.7. The second-order valence-electron chi connectivity index (χ2n) is 3.97. The minimum Gasteiger partial charge on any atom is -0.349 e. The number of ether oxygens (including phenoxy) is 2. The fraction of sp³-hybridized carbons (Fsp3) is 0.909. The predicted molar refractivity (Wildman–Crippen MR) is 57.7 cm³/mol. The van der Waals surface area contributed by atoms with Crippen LogP contribution in [0, 0.1) is 0 Å². The Labute approximate surface area is 91.3 Å². The van der Waals surface area contributed by atoms with E-state index in [4.69, 9.17) is 9.47 Å². The van der Waals surface area contributed by atoms with Crippen molar-refractivity contribution >= 4 is 5.78 Å². The molecule has 1 N–H and O–H groups in total. The Balaban J connectivity index is 2.34. The van der Waals surface area contributed by atoms with Gasteiger partial charge in [0, 0.05) is 26.7 Å². The highest BCUT2D eigenvalue weighted by Crippen LogP contribution is 2.12. The number of ketones is 1. The average molecular weight is 215 g/mol. The lowest BCUT2D eigenvalue weighted by atomic mass is 10.0. The number of carbonyl (C=O) groups is 1. The van der Waals surface area contributed by atoms with Crippen molar-refractivity contribution in [1.82, 2.24) is 5.32 Å². The second kappa shape index (κ2) is 6.93. The number of nitrogens with one attached hydrogen (secondary N) is 1.